The third-order valence-corrected chi connectivity index (χ3v) is 5.60. The predicted octanol–water partition coefficient (Wildman–Crippen LogP) is 3.38. The van der Waals surface area contributed by atoms with E-state index in [-0.39, 0.29) is 17.1 Å². The molecule has 0 aliphatic rings. The minimum Gasteiger partial charge on any atom is -0.258 e. The second-order valence-electron chi connectivity index (χ2n) is 5.06. The predicted molar refractivity (Wildman–Crippen MR) is 87.9 cm³/mol. The van der Waals surface area contributed by atoms with Crippen molar-refractivity contribution in [1.82, 2.24) is 4.31 Å². The Morgan fingerprint density at radius 1 is 1.22 bits per heavy atom. The van der Waals surface area contributed by atoms with Crippen LogP contribution in [0.15, 0.2) is 47.4 Å². The minimum absolute atomic E-state index is 0.0731. The molecule has 0 atom stereocenters. The van der Waals surface area contributed by atoms with Crippen LogP contribution in [0.3, 0.4) is 0 Å². The SMILES string of the molecule is Cc1ccc(S(=O)(=O)N(C)Cc2ccccc2Cl)cc1[N+](=O)[O-]. The maximum atomic E-state index is 12.6. The number of nitrogens with zero attached hydrogens (tertiary/aromatic N) is 2. The van der Waals surface area contributed by atoms with Crippen LogP contribution in [0.5, 0.6) is 0 Å². The highest BCUT2D eigenvalue weighted by atomic mass is 35.5. The average Bonchev–Trinajstić information content (AvgIpc) is 2.49. The maximum absolute atomic E-state index is 12.6. The van der Waals surface area contributed by atoms with Gasteiger partial charge in [0.25, 0.3) is 5.69 Å². The summed E-state index contributed by atoms with van der Waals surface area (Å²) in [6, 6.07) is 10.8. The maximum Gasteiger partial charge on any atom is 0.273 e. The van der Waals surface area contributed by atoms with Gasteiger partial charge < -0.3 is 0 Å². The molecule has 8 heteroatoms. The molecule has 0 unspecified atom stereocenters. The van der Waals surface area contributed by atoms with Gasteiger partial charge in [-0.05, 0) is 24.6 Å². The van der Waals surface area contributed by atoms with Crippen LogP contribution in [0.25, 0.3) is 0 Å². The van der Waals surface area contributed by atoms with Crippen LogP contribution in [-0.4, -0.2) is 24.7 Å². The Hall–Kier alpha value is -1.96. The normalized spacial score (nSPS) is 11.7. The number of sulfonamides is 1. The topological polar surface area (TPSA) is 80.5 Å². The first-order valence-electron chi connectivity index (χ1n) is 6.68. The van der Waals surface area contributed by atoms with Gasteiger partial charge in [0.2, 0.25) is 10.0 Å². The summed E-state index contributed by atoms with van der Waals surface area (Å²) in [5.74, 6) is 0. The van der Waals surface area contributed by atoms with Crippen molar-refractivity contribution in [3.8, 4) is 0 Å². The van der Waals surface area contributed by atoms with Gasteiger partial charge >= 0.3 is 0 Å². The fourth-order valence-electron chi connectivity index (χ4n) is 2.08. The van der Waals surface area contributed by atoms with Crippen LogP contribution in [0, 0.1) is 17.0 Å². The van der Waals surface area contributed by atoms with Crippen LogP contribution < -0.4 is 0 Å². The monoisotopic (exact) mass is 354 g/mol. The Morgan fingerprint density at radius 2 is 1.87 bits per heavy atom. The van der Waals surface area contributed by atoms with Gasteiger partial charge in [-0.1, -0.05) is 35.9 Å². The Morgan fingerprint density at radius 3 is 2.48 bits per heavy atom. The number of halogens is 1. The van der Waals surface area contributed by atoms with Gasteiger partial charge in [-0.3, -0.25) is 10.1 Å². The highest BCUT2D eigenvalue weighted by molar-refractivity contribution is 7.89. The van der Waals surface area contributed by atoms with Crippen molar-refractivity contribution in [2.24, 2.45) is 0 Å². The van der Waals surface area contributed by atoms with Crippen LogP contribution in [-0.2, 0) is 16.6 Å². The molecular weight excluding hydrogens is 340 g/mol. The van der Waals surface area contributed by atoms with Gasteiger partial charge in [0.05, 0.1) is 9.82 Å². The summed E-state index contributed by atoms with van der Waals surface area (Å²) in [5.41, 5.74) is 0.835. The third kappa shape index (κ3) is 3.69. The molecule has 6 nitrogen and oxygen atoms in total. The first-order valence-corrected chi connectivity index (χ1v) is 8.50. The highest BCUT2D eigenvalue weighted by Crippen LogP contribution is 2.25. The summed E-state index contributed by atoms with van der Waals surface area (Å²) in [6.07, 6.45) is 0. The molecule has 122 valence electrons. The molecule has 0 amide bonds. The van der Waals surface area contributed by atoms with Crippen molar-refractivity contribution in [1.29, 1.82) is 0 Å². The van der Waals surface area contributed by atoms with Gasteiger partial charge in [-0.15, -0.1) is 0 Å². The van der Waals surface area contributed by atoms with Gasteiger partial charge in [-0.25, -0.2) is 8.42 Å². The van der Waals surface area contributed by atoms with E-state index in [9.17, 15) is 18.5 Å². The van der Waals surface area contributed by atoms with E-state index in [1.807, 2.05) is 0 Å². The molecule has 0 N–H and O–H groups in total. The van der Waals surface area contributed by atoms with Crippen LogP contribution in [0.2, 0.25) is 5.02 Å². The molecule has 0 aliphatic heterocycles. The summed E-state index contributed by atoms with van der Waals surface area (Å²) in [7, 11) is -2.45. The number of benzene rings is 2. The quantitative estimate of drug-likeness (QED) is 0.609. The van der Waals surface area contributed by atoms with Crippen molar-refractivity contribution >= 4 is 27.3 Å². The molecule has 0 aliphatic carbocycles. The first kappa shape index (κ1) is 17.4. The standard InChI is InChI=1S/C15H15ClN2O4S/c1-11-7-8-13(9-15(11)18(19)20)23(21,22)17(2)10-12-5-3-4-6-14(12)16/h3-9H,10H2,1-2H3. The van der Waals surface area contributed by atoms with Crippen molar-refractivity contribution in [3.05, 3.63) is 68.7 Å². The lowest BCUT2D eigenvalue weighted by Gasteiger charge is -2.18. The zero-order valence-corrected chi connectivity index (χ0v) is 14.1. The van der Waals surface area contributed by atoms with E-state index in [2.05, 4.69) is 0 Å². The van der Waals surface area contributed by atoms with Crippen LogP contribution >= 0.6 is 11.6 Å². The summed E-state index contributed by atoms with van der Waals surface area (Å²) in [5, 5.41) is 11.4. The van der Waals surface area contributed by atoms with Crippen molar-refractivity contribution in [2.75, 3.05) is 7.05 Å². The van der Waals surface area contributed by atoms with E-state index in [0.717, 1.165) is 10.4 Å². The molecule has 2 aromatic rings. The molecular formula is C15H15ClN2O4S. The highest BCUT2D eigenvalue weighted by Gasteiger charge is 2.24. The van der Waals surface area contributed by atoms with E-state index >= 15 is 0 Å². The van der Waals surface area contributed by atoms with Crippen LogP contribution in [0.1, 0.15) is 11.1 Å². The molecule has 23 heavy (non-hydrogen) atoms. The number of nitro benzene ring substituents is 1. The Balaban J connectivity index is 2.36. The van der Waals surface area contributed by atoms with E-state index in [1.165, 1.54) is 19.2 Å². The average molecular weight is 355 g/mol. The molecule has 0 aromatic heterocycles. The lowest BCUT2D eigenvalue weighted by Crippen LogP contribution is -2.26. The number of nitro groups is 1. The molecule has 0 spiro atoms. The van der Waals surface area contributed by atoms with Crippen molar-refractivity contribution < 1.29 is 13.3 Å². The molecule has 0 bridgehead atoms. The van der Waals surface area contributed by atoms with E-state index in [4.69, 9.17) is 11.6 Å². The van der Waals surface area contributed by atoms with E-state index in [1.54, 1.807) is 31.2 Å². The molecule has 0 fully saturated rings. The van der Waals surface area contributed by atoms with Crippen molar-refractivity contribution in [3.63, 3.8) is 0 Å². The Kier molecular flexibility index (Phi) is 5.03. The number of aryl methyl sites for hydroxylation is 1. The second-order valence-corrected chi connectivity index (χ2v) is 7.51. The zero-order chi connectivity index (χ0) is 17.2. The minimum atomic E-state index is -3.86. The largest absolute Gasteiger partial charge is 0.273 e. The fourth-order valence-corrected chi connectivity index (χ4v) is 3.44. The molecule has 0 radical (unpaired) electrons. The Bertz CT molecular complexity index is 852. The third-order valence-electron chi connectivity index (χ3n) is 3.44. The first-order chi connectivity index (χ1) is 10.7. The summed E-state index contributed by atoms with van der Waals surface area (Å²) >= 11 is 6.04. The van der Waals surface area contributed by atoms with Crippen LogP contribution in [0.4, 0.5) is 5.69 Å². The van der Waals surface area contributed by atoms with Gasteiger partial charge in [0, 0.05) is 30.2 Å². The van der Waals surface area contributed by atoms with Crippen molar-refractivity contribution in [2.45, 2.75) is 18.4 Å². The lowest BCUT2D eigenvalue weighted by atomic mass is 10.2. The molecule has 0 saturated carbocycles. The van der Waals surface area contributed by atoms with Gasteiger partial charge in [0.15, 0.2) is 0 Å². The molecule has 0 saturated heterocycles. The number of hydrogen-bond donors (Lipinski definition) is 0. The second kappa shape index (κ2) is 6.66. The summed E-state index contributed by atoms with van der Waals surface area (Å²) < 4.78 is 26.3. The summed E-state index contributed by atoms with van der Waals surface area (Å²) in [4.78, 5) is 10.3. The van der Waals surface area contributed by atoms with E-state index in [0.29, 0.717) is 16.1 Å². The van der Waals surface area contributed by atoms with Gasteiger partial charge in [0.1, 0.15) is 0 Å². The number of rotatable bonds is 5. The lowest BCUT2D eigenvalue weighted by molar-refractivity contribution is -0.385. The fraction of sp³-hybridized carbons (Fsp3) is 0.200. The molecule has 0 heterocycles. The Labute approximate surface area is 139 Å². The number of hydrogen-bond acceptors (Lipinski definition) is 4. The molecule has 2 aromatic carbocycles. The van der Waals surface area contributed by atoms with E-state index < -0.39 is 14.9 Å². The van der Waals surface area contributed by atoms with Gasteiger partial charge in [-0.2, -0.15) is 4.31 Å². The smallest absolute Gasteiger partial charge is 0.258 e. The summed E-state index contributed by atoms with van der Waals surface area (Å²) in [6.45, 7) is 1.63. The molecule has 2 rings (SSSR count). The zero-order valence-electron chi connectivity index (χ0n) is 12.6.